The number of thiazole rings is 1. The molecule has 3 aromatic rings. The highest BCUT2D eigenvalue weighted by atomic mass is 35.5. The van der Waals surface area contributed by atoms with Crippen LogP contribution >= 0.6 is 22.9 Å². The smallest absolute Gasteiger partial charge is 0.339 e. The van der Waals surface area contributed by atoms with Crippen molar-refractivity contribution in [1.29, 1.82) is 0 Å². The van der Waals surface area contributed by atoms with Crippen molar-refractivity contribution in [2.24, 2.45) is 0 Å². The van der Waals surface area contributed by atoms with Crippen molar-refractivity contribution in [3.63, 3.8) is 0 Å². The molecular weight excluding hydrogens is 462 g/mol. The van der Waals surface area contributed by atoms with Gasteiger partial charge in [0.2, 0.25) is 0 Å². The van der Waals surface area contributed by atoms with Gasteiger partial charge in [0.25, 0.3) is 5.91 Å². The highest BCUT2D eigenvalue weighted by molar-refractivity contribution is 7.15. The van der Waals surface area contributed by atoms with Gasteiger partial charge < -0.3 is 19.7 Å². The van der Waals surface area contributed by atoms with Crippen LogP contribution in [0.3, 0.4) is 0 Å². The number of benzene rings is 2. The molecule has 0 spiro atoms. The Morgan fingerprint density at radius 1 is 1.24 bits per heavy atom. The number of ether oxygens (including phenoxy) is 2. The third-order valence-electron chi connectivity index (χ3n) is 5.42. The van der Waals surface area contributed by atoms with Crippen LogP contribution in [0.5, 0.6) is 0 Å². The van der Waals surface area contributed by atoms with E-state index in [2.05, 4.69) is 10.3 Å². The van der Waals surface area contributed by atoms with E-state index in [1.807, 2.05) is 48.2 Å². The summed E-state index contributed by atoms with van der Waals surface area (Å²) in [6, 6.07) is 14.7. The Hall–Kier alpha value is -2.94. The maximum absolute atomic E-state index is 12.9. The molecular formula is C24H24ClN3O4S. The van der Waals surface area contributed by atoms with Gasteiger partial charge in [-0.25, -0.2) is 9.78 Å². The molecule has 2 heterocycles. The summed E-state index contributed by atoms with van der Waals surface area (Å²) < 4.78 is 10.6. The molecule has 1 aliphatic rings. The lowest BCUT2D eigenvalue weighted by atomic mass is 10.1. The quantitative estimate of drug-likeness (QED) is 0.530. The van der Waals surface area contributed by atoms with Crippen molar-refractivity contribution in [1.82, 2.24) is 10.3 Å². The van der Waals surface area contributed by atoms with Crippen molar-refractivity contribution in [3.8, 4) is 10.6 Å². The van der Waals surface area contributed by atoms with Gasteiger partial charge in [0.15, 0.2) is 6.10 Å². The number of carbonyl (C=O) groups excluding carboxylic acids is 2. The number of para-hydroxylation sites is 1. The molecule has 9 heteroatoms. The first-order valence-electron chi connectivity index (χ1n) is 10.5. The van der Waals surface area contributed by atoms with Crippen LogP contribution in [-0.4, -0.2) is 49.8 Å². The van der Waals surface area contributed by atoms with Crippen molar-refractivity contribution in [2.45, 2.75) is 19.6 Å². The Kier molecular flexibility index (Phi) is 7.27. The van der Waals surface area contributed by atoms with E-state index in [1.54, 1.807) is 23.5 Å². The molecule has 1 fully saturated rings. The Morgan fingerprint density at radius 2 is 2.00 bits per heavy atom. The lowest BCUT2D eigenvalue weighted by Crippen LogP contribution is -2.50. The summed E-state index contributed by atoms with van der Waals surface area (Å²) in [4.78, 5) is 32.6. The van der Waals surface area contributed by atoms with Gasteiger partial charge in [-0.2, -0.15) is 0 Å². The van der Waals surface area contributed by atoms with Crippen LogP contribution in [0, 0.1) is 6.92 Å². The summed E-state index contributed by atoms with van der Waals surface area (Å²) in [6.07, 6.45) is -0.645. The van der Waals surface area contributed by atoms with Crippen molar-refractivity contribution in [2.75, 3.05) is 31.7 Å². The number of aryl methyl sites for hydroxylation is 1. The third-order valence-corrected chi connectivity index (χ3v) is 6.87. The summed E-state index contributed by atoms with van der Waals surface area (Å²) in [5, 5.41) is 4.53. The zero-order chi connectivity index (χ0) is 23.4. The highest BCUT2D eigenvalue weighted by Gasteiger charge is 2.29. The minimum absolute atomic E-state index is 0.198. The van der Waals surface area contributed by atoms with Gasteiger partial charge in [0, 0.05) is 22.0 Å². The Balaban J connectivity index is 1.41. The van der Waals surface area contributed by atoms with E-state index in [0.717, 1.165) is 26.8 Å². The topological polar surface area (TPSA) is 80.8 Å². The van der Waals surface area contributed by atoms with Crippen molar-refractivity contribution >= 4 is 40.5 Å². The van der Waals surface area contributed by atoms with E-state index in [0.29, 0.717) is 36.8 Å². The summed E-state index contributed by atoms with van der Waals surface area (Å²) in [5.41, 5.74) is 3.07. The molecule has 2 aromatic carbocycles. The number of nitrogens with zero attached hydrogens (tertiary/aromatic N) is 2. The number of hydrogen-bond donors (Lipinski definition) is 1. The number of halogens is 1. The third kappa shape index (κ3) is 5.35. The first-order valence-corrected chi connectivity index (χ1v) is 11.7. The molecule has 1 N–H and O–H groups in total. The number of esters is 1. The molecule has 1 aromatic heterocycles. The van der Waals surface area contributed by atoms with Crippen molar-refractivity contribution < 1.29 is 19.1 Å². The normalized spacial score (nSPS) is 15.8. The predicted molar refractivity (Wildman–Crippen MR) is 129 cm³/mol. The molecule has 1 atom stereocenters. The van der Waals surface area contributed by atoms with E-state index < -0.39 is 12.1 Å². The SMILES string of the molecule is COC(=O)c1ccccc1N1CCOC(C(=O)NCc2sc(-c3ccc(Cl)cc3)nc2C)C1. The van der Waals surface area contributed by atoms with Crippen LogP contribution in [0.25, 0.3) is 10.6 Å². The maximum atomic E-state index is 12.9. The van der Waals surface area contributed by atoms with Gasteiger partial charge in [0.1, 0.15) is 5.01 Å². The number of morpholine rings is 1. The first kappa shape index (κ1) is 23.2. The molecule has 7 nitrogen and oxygen atoms in total. The Bertz CT molecular complexity index is 1150. The van der Waals surface area contributed by atoms with Gasteiger partial charge in [-0.05, 0) is 31.2 Å². The van der Waals surface area contributed by atoms with E-state index in [4.69, 9.17) is 21.1 Å². The molecule has 0 saturated carbocycles. The second-order valence-electron chi connectivity index (χ2n) is 7.57. The number of nitrogens with one attached hydrogen (secondary N) is 1. The van der Waals surface area contributed by atoms with Gasteiger partial charge in [-0.3, -0.25) is 4.79 Å². The molecule has 1 amide bonds. The van der Waals surface area contributed by atoms with Crippen LogP contribution in [0.15, 0.2) is 48.5 Å². The molecule has 0 aliphatic carbocycles. The molecule has 1 unspecified atom stereocenters. The monoisotopic (exact) mass is 485 g/mol. The van der Waals surface area contributed by atoms with Gasteiger partial charge in [-0.15, -0.1) is 11.3 Å². The predicted octanol–water partition coefficient (Wildman–Crippen LogP) is 4.08. The molecule has 0 bridgehead atoms. The van der Waals surface area contributed by atoms with Gasteiger partial charge >= 0.3 is 5.97 Å². The maximum Gasteiger partial charge on any atom is 0.339 e. The second-order valence-corrected chi connectivity index (χ2v) is 9.09. The van der Waals surface area contributed by atoms with Crippen LogP contribution in [0.4, 0.5) is 5.69 Å². The Morgan fingerprint density at radius 3 is 2.76 bits per heavy atom. The zero-order valence-corrected chi connectivity index (χ0v) is 19.9. The standard InChI is InChI=1S/C24H24ClN3O4S/c1-15-21(33-23(27-15)16-7-9-17(25)10-8-16)13-26-22(29)20-14-28(11-12-32-20)19-6-4-3-5-18(19)24(30)31-2/h3-10,20H,11-14H2,1-2H3,(H,26,29). The molecule has 1 saturated heterocycles. The number of rotatable bonds is 6. The van der Waals surface area contributed by atoms with Gasteiger partial charge in [0.05, 0.1) is 43.8 Å². The molecule has 172 valence electrons. The van der Waals surface area contributed by atoms with E-state index in [-0.39, 0.29) is 5.91 Å². The van der Waals surface area contributed by atoms with E-state index in [9.17, 15) is 9.59 Å². The second kappa shape index (κ2) is 10.3. The number of hydrogen-bond acceptors (Lipinski definition) is 7. The largest absolute Gasteiger partial charge is 0.465 e. The Labute approximate surface area is 201 Å². The number of carbonyl (C=O) groups is 2. The lowest BCUT2D eigenvalue weighted by Gasteiger charge is -2.34. The number of amides is 1. The minimum atomic E-state index is -0.645. The fourth-order valence-corrected chi connectivity index (χ4v) is 4.78. The molecule has 33 heavy (non-hydrogen) atoms. The van der Waals surface area contributed by atoms with Crippen LogP contribution in [0.1, 0.15) is 20.9 Å². The van der Waals surface area contributed by atoms with E-state index >= 15 is 0 Å². The molecule has 0 radical (unpaired) electrons. The van der Waals surface area contributed by atoms with Crippen LogP contribution in [-0.2, 0) is 20.8 Å². The molecule has 4 rings (SSSR count). The fraction of sp³-hybridized carbons (Fsp3) is 0.292. The van der Waals surface area contributed by atoms with Crippen LogP contribution in [0.2, 0.25) is 5.02 Å². The summed E-state index contributed by atoms with van der Waals surface area (Å²) in [6.45, 7) is 3.61. The van der Waals surface area contributed by atoms with Gasteiger partial charge in [-0.1, -0.05) is 35.9 Å². The first-order chi connectivity index (χ1) is 16.0. The minimum Gasteiger partial charge on any atom is -0.465 e. The lowest BCUT2D eigenvalue weighted by molar-refractivity contribution is -0.133. The number of methoxy groups -OCH3 is 1. The number of anilines is 1. The summed E-state index contributed by atoms with van der Waals surface area (Å²) >= 11 is 7.51. The van der Waals surface area contributed by atoms with Crippen LogP contribution < -0.4 is 10.2 Å². The highest BCUT2D eigenvalue weighted by Crippen LogP contribution is 2.29. The summed E-state index contributed by atoms with van der Waals surface area (Å²) in [7, 11) is 1.36. The summed E-state index contributed by atoms with van der Waals surface area (Å²) in [5.74, 6) is -0.605. The average molecular weight is 486 g/mol. The average Bonchev–Trinajstić information content (AvgIpc) is 3.22. The zero-order valence-electron chi connectivity index (χ0n) is 18.3. The molecule has 1 aliphatic heterocycles. The fourth-order valence-electron chi connectivity index (χ4n) is 3.65. The van der Waals surface area contributed by atoms with E-state index in [1.165, 1.54) is 7.11 Å². The number of aromatic nitrogens is 1. The van der Waals surface area contributed by atoms with Crippen molar-refractivity contribution in [3.05, 3.63) is 69.7 Å².